The number of para-hydroxylation sites is 1. The zero-order chi connectivity index (χ0) is 19.3. The van der Waals surface area contributed by atoms with Crippen LogP contribution in [-0.2, 0) is 0 Å². The van der Waals surface area contributed by atoms with Gasteiger partial charge in [-0.1, -0.05) is 42.5 Å². The van der Waals surface area contributed by atoms with Crippen molar-refractivity contribution < 1.29 is 9.53 Å². The molecule has 0 saturated carbocycles. The number of piperidine rings is 1. The zero-order valence-corrected chi connectivity index (χ0v) is 15.9. The van der Waals surface area contributed by atoms with E-state index in [1.165, 1.54) is 0 Å². The number of carbonyl (C=O) groups excluding carboxylic acids is 1. The Morgan fingerprint density at radius 1 is 1.07 bits per heavy atom. The summed E-state index contributed by atoms with van der Waals surface area (Å²) in [6.07, 6.45) is 3.78. The monoisotopic (exact) mass is 373 g/mol. The molecule has 1 amide bonds. The second kappa shape index (κ2) is 8.21. The van der Waals surface area contributed by atoms with Gasteiger partial charge in [-0.2, -0.15) is 0 Å². The average Bonchev–Trinajstić information content (AvgIpc) is 2.79. The number of aromatic nitrogens is 2. The first kappa shape index (κ1) is 18.2. The molecule has 0 N–H and O–H groups in total. The lowest BCUT2D eigenvalue weighted by molar-refractivity contribution is 0.0702. The summed E-state index contributed by atoms with van der Waals surface area (Å²) in [5.41, 5.74) is 2.60. The first-order chi connectivity index (χ1) is 13.8. The van der Waals surface area contributed by atoms with E-state index >= 15 is 0 Å². The van der Waals surface area contributed by atoms with Gasteiger partial charge < -0.3 is 9.64 Å². The molecule has 0 radical (unpaired) electrons. The third-order valence-electron chi connectivity index (χ3n) is 5.17. The molecule has 0 bridgehead atoms. The standard InChI is InChI=1S/C23H23N3O2/c1-28-21-12-6-5-11-19(21)23(27)26-15-7-10-18(16-26)20-13-14-24-22(25-20)17-8-3-2-4-9-17/h2-6,8-9,11-14,18H,7,10,15-16H2,1H3. The molecule has 2 aromatic carbocycles. The molecule has 3 aromatic rings. The van der Waals surface area contributed by atoms with Crippen LogP contribution in [0.2, 0.25) is 0 Å². The highest BCUT2D eigenvalue weighted by molar-refractivity contribution is 5.97. The van der Waals surface area contributed by atoms with E-state index in [0.717, 1.165) is 36.5 Å². The number of ether oxygens (including phenoxy) is 1. The Hall–Kier alpha value is -3.21. The fourth-order valence-electron chi connectivity index (χ4n) is 3.72. The molecular weight excluding hydrogens is 350 g/mol. The van der Waals surface area contributed by atoms with Crippen LogP contribution in [0.25, 0.3) is 11.4 Å². The number of nitrogens with zero attached hydrogens (tertiary/aromatic N) is 3. The SMILES string of the molecule is COc1ccccc1C(=O)N1CCCC(c2ccnc(-c3ccccc3)n2)C1. The Bertz CT molecular complexity index is 959. The molecule has 1 atom stereocenters. The van der Waals surface area contributed by atoms with Crippen LogP contribution in [0.15, 0.2) is 66.9 Å². The maximum absolute atomic E-state index is 13.1. The van der Waals surface area contributed by atoms with Crippen LogP contribution in [-0.4, -0.2) is 41.0 Å². The molecule has 0 spiro atoms. The fourth-order valence-corrected chi connectivity index (χ4v) is 3.72. The van der Waals surface area contributed by atoms with Crippen LogP contribution in [0.4, 0.5) is 0 Å². The molecule has 0 aliphatic carbocycles. The van der Waals surface area contributed by atoms with Crippen molar-refractivity contribution in [2.75, 3.05) is 20.2 Å². The molecule has 1 aromatic heterocycles. The maximum atomic E-state index is 13.1. The van der Waals surface area contributed by atoms with Crippen molar-refractivity contribution in [3.8, 4) is 17.1 Å². The molecule has 5 heteroatoms. The van der Waals surface area contributed by atoms with E-state index in [0.29, 0.717) is 17.9 Å². The minimum absolute atomic E-state index is 0.0134. The second-order valence-corrected chi connectivity index (χ2v) is 6.96. The van der Waals surface area contributed by atoms with Gasteiger partial charge in [0.05, 0.1) is 12.7 Å². The highest BCUT2D eigenvalue weighted by Gasteiger charge is 2.27. The van der Waals surface area contributed by atoms with Crippen molar-refractivity contribution >= 4 is 5.91 Å². The van der Waals surface area contributed by atoms with Crippen molar-refractivity contribution in [3.63, 3.8) is 0 Å². The number of benzene rings is 2. The summed E-state index contributed by atoms with van der Waals surface area (Å²) in [5, 5.41) is 0. The van der Waals surface area contributed by atoms with E-state index in [2.05, 4.69) is 4.98 Å². The Morgan fingerprint density at radius 2 is 1.86 bits per heavy atom. The third kappa shape index (κ3) is 3.74. The van der Waals surface area contributed by atoms with Gasteiger partial charge in [-0.05, 0) is 31.0 Å². The lowest BCUT2D eigenvalue weighted by Gasteiger charge is -2.33. The van der Waals surface area contributed by atoms with Crippen molar-refractivity contribution in [1.82, 2.24) is 14.9 Å². The molecule has 1 unspecified atom stereocenters. The average molecular weight is 373 g/mol. The highest BCUT2D eigenvalue weighted by atomic mass is 16.5. The van der Waals surface area contributed by atoms with Crippen LogP contribution in [0.1, 0.15) is 34.8 Å². The van der Waals surface area contributed by atoms with Gasteiger partial charge in [0, 0.05) is 36.5 Å². The van der Waals surface area contributed by atoms with Gasteiger partial charge in [0.2, 0.25) is 0 Å². The van der Waals surface area contributed by atoms with Gasteiger partial charge >= 0.3 is 0 Å². The smallest absolute Gasteiger partial charge is 0.257 e. The minimum Gasteiger partial charge on any atom is -0.496 e. The Balaban J connectivity index is 1.55. The highest BCUT2D eigenvalue weighted by Crippen LogP contribution is 2.29. The van der Waals surface area contributed by atoms with Crippen LogP contribution < -0.4 is 4.74 Å². The summed E-state index contributed by atoms with van der Waals surface area (Å²) in [5.74, 6) is 1.56. The quantitative estimate of drug-likeness (QED) is 0.689. The summed E-state index contributed by atoms with van der Waals surface area (Å²) >= 11 is 0. The summed E-state index contributed by atoms with van der Waals surface area (Å²) in [6.45, 7) is 1.41. The molecule has 28 heavy (non-hydrogen) atoms. The molecule has 4 rings (SSSR count). The Kier molecular flexibility index (Phi) is 5.33. The van der Waals surface area contributed by atoms with Crippen LogP contribution in [0.3, 0.4) is 0 Å². The summed E-state index contributed by atoms with van der Waals surface area (Å²) in [4.78, 5) is 24.2. The molecule has 5 nitrogen and oxygen atoms in total. The molecular formula is C23H23N3O2. The van der Waals surface area contributed by atoms with Crippen LogP contribution >= 0.6 is 0 Å². The lowest BCUT2D eigenvalue weighted by Crippen LogP contribution is -2.39. The minimum atomic E-state index is 0.0134. The number of amides is 1. The molecule has 1 aliphatic rings. The van der Waals surface area contributed by atoms with E-state index in [4.69, 9.17) is 9.72 Å². The number of rotatable bonds is 4. The number of likely N-dealkylation sites (tertiary alicyclic amines) is 1. The molecule has 1 aliphatic heterocycles. The van der Waals surface area contributed by atoms with Crippen molar-refractivity contribution in [2.24, 2.45) is 0 Å². The van der Waals surface area contributed by atoms with Crippen molar-refractivity contribution in [2.45, 2.75) is 18.8 Å². The van der Waals surface area contributed by atoms with Gasteiger partial charge in [-0.15, -0.1) is 0 Å². The van der Waals surface area contributed by atoms with Crippen molar-refractivity contribution in [3.05, 3.63) is 78.1 Å². The summed E-state index contributed by atoms with van der Waals surface area (Å²) in [7, 11) is 1.59. The summed E-state index contributed by atoms with van der Waals surface area (Å²) < 4.78 is 5.37. The Labute approximate surface area is 165 Å². The topological polar surface area (TPSA) is 55.3 Å². The molecule has 1 fully saturated rings. The van der Waals surface area contributed by atoms with Gasteiger partial charge in [0.15, 0.2) is 5.82 Å². The Morgan fingerprint density at radius 3 is 2.68 bits per heavy atom. The second-order valence-electron chi connectivity index (χ2n) is 6.96. The number of hydrogen-bond donors (Lipinski definition) is 0. The van der Waals surface area contributed by atoms with Gasteiger partial charge in [-0.3, -0.25) is 4.79 Å². The predicted molar refractivity (Wildman–Crippen MR) is 108 cm³/mol. The first-order valence-corrected chi connectivity index (χ1v) is 9.57. The first-order valence-electron chi connectivity index (χ1n) is 9.57. The van der Waals surface area contributed by atoms with Gasteiger partial charge in [0.25, 0.3) is 5.91 Å². The fraction of sp³-hybridized carbons (Fsp3) is 0.261. The van der Waals surface area contributed by atoms with E-state index in [1.807, 2.05) is 71.8 Å². The lowest BCUT2D eigenvalue weighted by atomic mass is 9.94. The van der Waals surface area contributed by atoms with Crippen LogP contribution in [0.5, 0.6) is 5.75 Å². The largest absolute Gasteiger partial charge is 0.496 e. The van der Waals surface area contributed by atoms with E-state index in [9.17, 15) is 4.79 Å². The van der Waals surface area contributed by atoms with E-state index < -0.39 is 0 Å². The third-order valence-corrected chi connectivity index (χ3v) is 5.17. The number of hydrogen-bond acceptors (Lipinski definition) is 4. The van der Waals surface area contributed by atoms with E-state index in [1.54, 1.807) is 7.11 Å². The van der Waals surface area contributed by atoms with E-state index in [-0.39, 0.29) is 11.8 Å². The van der Waals surface area contributed by atoms with Crippen molar-refractivity contribution in [1.29, 1.82) is 0 Å². The molecule has 2 heterocycles. The summed E-state index contributed by atoms with van der Waals surface area (Å²) in [6, 6.07) is 19.3. The van der Waals surface area contributed by atoms with Crippen LogP contribution in [0, 0.1) is 0 Å². The normalized spacial score (nSPS) is 16.6. The maximum Gasteiger partial charge on any atom is 0.257 e. The zero-order valence-electron chi connectivity index (χ0n) is 15.9. The number of carbonyl (C=O) groups is 1. The molecule has 142 valence electrons. The predicted octanol–water partition coefficient (Wildman–Crippen LogP) is 4.17. The number of methoxy groups -OCH3 is 1. The van der Waals surface area contributed by atoms with Gasteiger partial charge in [-0.25, -0.2) is 9.97 Å². The van der Waals surface area contributed by atoms with Gasteiger partial charge in [0.1, 0.15) is 5.75 Å². The molecule has 1 saturated heterocycles.